The largest absolute Gasteiger partial charge is 0.392 e. The van der Waals surface area contributed by atoms with E-state index >= 15 is 0 Å². The standard InChI is InChI=1S/C13H14Cl3NO/c1-7(2)5-17-12-4-11(15)10(14)3-8(12)9(6-18)13(17)16/h3-4,7,18H,5-6H2,1-2H3. The normalized spacial score (nSPS) is 11.7. The van der Waals surface area contributed by atoms with Crippen LogP contribution in [0.15, 0.2) is 12.1 Å². The van der Waals surface area contributed by atoms with Gasteiger partial charge in [0.1, 0.15) is 5.15 Å². The van der Waals surface area contributed by atoms with Crippen LogP contribution in [0.5, 0.6) is 0 Å². The van der Waals surface area contributed by atoms with Gasteiger partial charge in [-0.2, -0.15) is 0 Å². The fourth-order valence-corrected chi connectivity index (χ4v) is 2.72. The van der Waals surface area contributed by atoms with Crippen LogP contribution in [-0.4, -0.2) is 9.67 Å². The van der Waals surface area contributed by atoms with E-state index in [2.05, 4.69) is 13.8 Å². The van der Waals surface area contributed by atoms with Gasteiger partial charge in [0, 0.05) is 17.5 Å². The van der Waals surface area contributed by atoms with Crippen molar-refractivity contribution in [2.45, 2.75) is 27.0 Å². The van der Waals surface area contributed by atoms with Gasteiger partial charge in [-0.25, -0.2) is 0 Å². The van der Waals surface area contributed by atoms with Crippen molar-refractivity contribution in [3.8, 4) is 0 Å². The Bertz CT molecular complexity index is 590. The number of rotatable bonds is 3. The van der Waals surface area contributed by atoms with Crippen molar-refractivity contribution < 1.29 is 5.11 Å². The Labute approximate surface area is 121 Å². The topological polar surface area (TPSA) is 25.2 Å². The van der Waals surface area contributed by atoms with Gasteiger partial charge in [0.2, 0.25) is 0 Å². The molecule has 0 aliphatic heterocycles. The minimum absolute atomic E-state index is 0.113. The quantitative estimate of drug-likeness (QED) is 0.869. The molecule has 0 aliphatic rings. The molecule has 5 heteroatoms. The predicted molar refractivity (Wildman–Crippen MR) is 77.7 cm³/mol. The number of aromatic nitrogens is 1. The molecular weight excluding hydrogens is 293 g/mol. The minimum atomic E-state index is -0.113. The molecule has 18 heavy (non-hydrogen) atoms. The summed E-state index contributed by atoms with van der Waals surface area (Å²) in [7, 11) is 0. The van der Waals surface area contributed by atoms with Gasteiger partial charge < -0.3 is 9.67 Å². The van der Waals surface area contributed by atoms with Crippen molar-refractivity contribution >= 4 is 45.7 Å². The van der Waals surface area contributed by atoms with Crippen LogP contribution >= 0.6 is 34.8 Å². The number of fused-ring (bicyclic) bond motifs is 1. The first-order valence-electron chi connectivity index (χ1n) is 5.72. The lowest BCUT2D eigenvalue weighted by Gasteiger charge is -2.10. The molecule has 1 aromatic heterocycles. The van der Waals surface area contributed by atoms with Crippen LogP contribution in [0.1, 0.15) is 19.4 Å². The molecule has 1 heterocycles. The molecule has 0 bridgehead atoms. The molecular formula is C13H14Cl3NO. The number of hydrogen-bond acceptors (Lipinski definition) is 1. The van der Waals surface area contributed by atoms with Gasteiger partial charge in [-0.15, -0.1) is 0 Å². The molecule has 0 saturated carbocycles. The van der Waals surface area contributed by atoms with Crippen molar-refractivity contribution in [2.24, 2.45) is 5.92 Å². The second-order valence-corrected chi connectivity index (χ2v) is 5.89. The Balaban J connectivity index is 2.76. The van der Waals surface area contributed by atoms with Crippen LogP contribution in [0.25, 0.3) is 10.9 Å². The van der Waals surface area contributed by atoms with Crippen LogP contribution in [0.4, 0.5) is 0 Å². The molecule has 0 amide bonds. The lowest BCUT2D eigenvalue weighted by atomic mass is 10.2. The molecule has 2 nitrogen and oxygen atoms in total. The average molecular weight is 307 g/mol. The summed E-state index contributed by atoms with van der Waals surface area (Å²) < 4.78 is 1.97. The Kier molecular flexibility index (Phi) is 4.12. The van der Waals surface area contributed by atoms with E-state index in [1.165, 1.54) is 0 Å². The zero-order valence-corrected chi connectivity index (χ0v) is 12.4. The number of hydrogen-bond donors (Lipinski definition) is 1. The average Bonchev–Trinajstić information content (AvgIpc) is 2.53. The fourth-order valence-electron chi connectivity index (χ4n) is 2.08. The lowest BCUT2D eigenvalue weighted by molar-refractivity contribution is 0.283. The van der Waals surface area contributed by atoms with Crippen LogP contribution in [0, 0.1) is 5.92 Å². The number of halogens is 3. The maximum Gasteiger partial charge on any atom is 0.115 e. The van der Waals surface area contributed by atoms with E-state index in [1.54, 1.807) is 12.1 Å². The molecule has 0 fully saturated rings. The highest BCUT2D eigenvalue weighted by Crippen LogP contribution is 2.36. The van der Waals surface area contributed by atoms with Crippen molar-refractivity contribution in [1.29, 1.82) is 0 Å². The molecule has 0 radical (unpaired) electrons. The second-order valence-electron chi connectivity index (χ2n) is 4.72. The number of benzene rings is 1. The second kappa shape index (κ2) is 5.30. The Hall–Kier alpha value is -0.410. The first kappa shape index (κ1) is 14.0. The zero-order chi connectivity index (χ0) is 13.4. The summed E-state index contributed by atoms with van der Waals surface area (Å²) in [5, 5.41) is 11.8. The maximum absolute atomic E-state index is 9.45. The van der Waals surface area contributed by atoms with Gasteiger partial charge in [-0.3, -0.25) is 0 Å². The number of nitrogens with zero attached hydrogens (tertiary/aromatic N) is 1. The minimum Gasteiger partial charge on any atom is -0.392 e. The van der Waals surface area contributed by atoms with E-state index in [-0.39, 0.29) is 6.61 Å². The van der Waals surface area contributed by atoms with E-state index < -0.39 is 0 Å². The number of aliphatic hydroxyl groups excluding tert-OH is 1. The predicted octanol–water partition coefficient (Wildman–Crippen LogP) is 4.75. The highest BCUT2D eigenvalue weighted by atomic mass is 35.5. The van der Waals surface area contributed by atoms with Crippen molar-refractivity contribution in [3.63, 3.8) is 0 Å². The number of aliphatic hydroxyl groups is 1. The molecule has 1 aromatic carbocycles. The van der Waals surface area contributed by atoms with Crippen molar-refractivity contribution in [2.75, 3.05) is 0 Å². The van der Waals surface area contributed by atoms with Crippen molar-refractivity contribution in [3.05, 3.63) is 32.9 Å². The SMILES string of the molecule is CC(C)Cn1c(Cl)c(CO)c2cc(Cl)c(Cl)cc21. The van der Waals surface area contributed by atoms with Crippen LogP contribution in [-0.2, 0) is 13.2 Å². The molecule has 0 aliphatic carbocycles. The third kappa shape index (κ3) is 2.35. The summed E-state index contributed by atoms with van der Waals surface area (Å²) >= 11 is 18.4. The van der Waals surface area contributed by atoms with Crippen LogP contribution in [0.3, 0.4) is 0 Å². The molecule has 2 aromatic rings. The monoisotopic (exact) mass is 305 g/mol. The third-order valence-electron chi connectivity index (χ3n) is 2.85. The maximum atomic E-state index is 9.45. The van der Waals surface area contributed by atoms with E-state index in [4.69, 9.17) is 34.8 Å². The molecule has 0 saturated heterocycles. The zero-order valence-electron chi connectivity index (χ0n) is 10.2. The van der Waals surface area contributed by atoms with Crippen LogP contribution < -0.4 is 0 Å². The Morgan fingerprint density at radius 2 is 1.78 bits per heavy atom. The van der Waals surface area contributed by atoms with E-state index in [9.17, 15) is 5.11 Å². The first-order chi connectivity index (χ1) is 8.45. The van der Waals surface area contributed by atoms with Gasteiger partial charge in [0.25, 0.3) is 0 Å². The van der Waals surface area contributed by atoms with Gasteiger partial charge in [0.05, 0.1) is 22.2 Å². The highest BCUT2D eigenvalue weighted by molar-refractivity contribution is 6.43. The summed E-state index contributed by atoms with van der Waals surface area (Å²) in [6.07, 6.45) is 0. The Morgan fingerprint density at radius 1 is 1.17 bits per heavy atom. The first-order valence-corrected chi connectivity index (χ1v) is 6.85. The summed E-state index contributed by atoms with van der Waals surface area (Å²) in [6.45, 7) is 4.88. The van der Waals surface area contributed by atoms with E-state index in [1.807, 2.05) is 4.57 Å². The van der Waals surface area contributed by atoms with E-state index in [0.29, 0.717) is 26.7 Å². The summed E-state index contributed by atoms with van der Waals surface area (Å²) in [4.78, 5) is 0. The summed E-state index contributed by atoms with van der Waals surface area (Å²) in [6, 6.07) is 3.56. The molecule has 2 rings (SSSR count). The molecule has 1 N–H and O–H groups in total. The van der Waals surface area contributed by atoms with Gasteiger partial charge in [-0.05, 0) is 18.1 Å². The van der Waals surface area contributed by atoms with Crippen molar-refractivity contribution in [1.82, 2.24) is 4.57 Å². The van der Waals surface area contributed by atoms with Crippen LogP contribution in [0.2, 0.25) is 15.2 Å². The van der Waals surface area contributed by atoms with Gasteiger partial charge in [-0.1, -0.05) is 48.7 Å². The fraction of sp³-hybridized carbons (Fsp3) is 0.385. The molecule has 0 atom stereocenters. The summed E-state index contributed by atoms with van der Waals surface area (Å²) in [5.41, 5.74) is 1.61. The van der Waals surface area contributed by atoms with Gasteiger partial charge in [0.15, 0.2) is 0 Å². The highest BCUT2D eigenvalue weighted by Gasteiger charge is 2.17. The van der Waals surface area contributed by atoms with Gasteiger partial charge >= 0.3 is 0 Å². The lowest BCUT2D eigenvalue weighted by Crippen LogP contribution is -2.04. The summed E-state index contributed by atoms with van der Waals surface area (Å²) in [5.74, 6) is 0.444. The third-order valence-corrected chi connectivity index (χ3v) is 4.00. The molecule has 0 spiro atoms. The van der Waals surface area contributed by atoms with E-state index in [0.717, 1.165) is 17.4 Å². The smallest absolute Gasteiger partial charge is 0.115 e. The molecule has 98 valence electrons. The Morgan fingerprint density at radius 3 is 2.33 bits per heavy atom. The molecule has 0 unspecified atom stereocenters.